The van der Waals surface area contributed by atoms with Crippen LogP contribution in [0.2, 0.25) is 0 Å². The molecule has 46 heavy (non-hydrogen) atoms. The summed E-state index contributed by atoms with van der Waals surface area (Å²) in [6.45, 7) is 4.54. The topological polar surface area (TPSA) is 0 Å². The van der Waals surface area contributed by atoms with Crippen molar-refractivity contribution < 1.29 is 0 Å². The van der Waals surface area contributed by atoms with Gasteiger partial charge in [0, 0.05) is 0 Å². The molecule has 0 amide bonds. The van der Waals surface area contributed by atoms with Gasteiger partial charge in [-0.15, -0.1) is 0 Å². The van der Waals surface area contributed by atoms with Gasteiger partial charge in [-0.25, -0.2) is 0 Å². The number of aryl methyl sites for hydroxylation is 4. The molecule has 8 aromatic rings. The van der Waals surface area contributed by atoms with Gasteiger partial charge in [-0.2, -0.15) is 0 Å². The Kier molecular flexibility index (Phi) is 7.99. The molecule has 0 heterocycles. The zero-order valence-corrected chi connectivity index (χ0v) is 27.7. The quantitative estimate of drug-likeness (QED) is 0.0915. The highest BCUT2D eigenvalue weighted by molar-refractivity contribution is 6.25. The van der Waals surface area contributed by atoms with Crippen molar-refractivity contribution in [2.75, 3.05) is 0 Å². The van der Waals surface area contributed by atoms with Crippen LogP contribution < -0.4 is 0 Å². The molecule has 0 nitrogen and oxygen atoms in total. The van der Waals surface area contributed by atoms with Crippen molar-refractivity contribution in [3.8, 4) is 0 Å². The minimum Gasteiger partial charge on any atom is -0.0613 e. The number of hydrogen-bond donors (Lipinski definition) is 0. The van der Waals surface area contributed by atoms with E-state index >= 15 is 0 Å². The van der Waals surface area contributed by atoms with Crippen LogP contribution in [0.4, 0.5) is 0 Å². The highest BCUT2D eigenvalue weighted by Gasteiger charge is 2.14. The molecule has 0 bridgehead atoms. The van der Waals surface area contributed by atoms with Crippen molar-refractivity contribution in [3.05, 3.63) is 119 Å². The maximum Gasteiger partial charge on any atom is -0.00239 e. The fourth-order valence-electron chi connectivity index (χ4n) is 8.59. The smallest absolute Gasteiger partial charge is 0.00239 e. The van der Waals surface area contributed by atoms with Crippen LogP contribution in [0, 0.1) is 0 Å². The lowest BCUT2D eigenvalue weighted by Gasteiger charge is -2.16. The molecule has 0 heteroatoms. The van der Waals surface area contributed by atoms with Crippen LogP contribution >= 0.6 is 0 Å². The highest BCUT2D eigenvalue weighted by Crippen LogP contribution is 2.39. The Morgan fingerprint density at radius 1 is 0.283 bits per heavy atom. The Morgan fingerprint density at radius 2 is 0.543 bits per heavy atom. The number of unbranched alkanes of at least 4 members (excludes halogenated alkanes) is 7. The maximum absolute atomic E-state index is 2.39. The average molecular weight is 599 g/mol. The molecule has 0 N–H and O–H groups in total. The second kappa shape index (κ2) is 12.6. The molecular weight excluding hydrogens is 553 g/mol. The van der Waals surface area contributed by atoms with E-state index in [1.54, 1.807) is 0 Å². The van der Waals surface area contributed by atoms with Crippen LogP contribution in [0.5, 0.6) is 0 Å². The Morgan fingerprint density at radius 3 is 0.870 bits per heavy atom. The van der Waals surface area contributed by atoms with Gasteiger partial charge in [-0.05, 0) is 125 Å². The van der Waals surface area contributed by atoms with Gasteiger partial charge < -0.3 is 0 Å². The number of hydrogen-bond acceptors (Lipinski definition) is 0. The summed E-state index contributed by atoms with van der Waals surface area (Å²) in [5, 5.41) is 17.3. The summed E-state index contributed by atoms with van der Waals surface area (Å²) in [5.41, 5.74) is 5.98. The Labute approximate surface area is 274 Å². The van der Waals surface area contributed by atoms with Gasteiger partial charge >= 0.3 is 0 Å². The molecule has 0 aliphatic carbocycles. The van der Waals surface area contributed by atoms with Crippen molar-refractivity contribution in [1.29, 1.82) is 0 Å². The first-order valence-corrected chi connectivity index (χ1v) is 18.1. The second-order valence-corrected chi connectivity index (χ2v) is 13.8. The lowest BCUT2D eigenvalue weighted by atomic mass is 9.88. The van der Waals surface area contributed by atoms with E-state index in [2.05, 4.69) is 111 Å². The van der Waals surface area contributed by atoms with Gasteiger partial charge in [-0.1, -0.05) is 149 Å². The Hall–Kier alpha value is -4.16. The molecular formula is C46H46. The first-order valence-electron chi connectivity index (χ1n) is 18.1. The fourth-order valence-corrected chi connectivity index (χ4v) is 8.59. The zero-order chi connectivity index (χ0) is 31.0. The summed E-state index contributed by atoms with van der Waals surface area (Å²) in [7, 11) is 0. The van der Waals surface area contributed by atoms with E-state index < -0.39 is 0 Å². The predicted molar refractivity (Wildman–Crippen MR) is 203 cm³/mol. The molecule has 0 unspecified atom stereocenters. The first-order chi connectivity index (χ1) is 22.7. The molecule has 0 atom stereocenters. The van der Waals surface area contributed by atoms with E-state index in [-0.39, 0.29) is 0 Å². The average Bonchev–Trinajstić information content (AvgIpc) is 3.10. The molecule has 8 rings (SSSR count). The third kappa shape index (κ3) is 5.07. The summed E-state index contributed by atoms with van der Waals surface area (Å²) in [4.78, 5) is 0. The third-order valence-electron chi connectivity index (χ3n) is 11.1. The standard InChI is InChI=1S/C46H46/c1-3-31-15-19-35-25-29-41-33(17-21-37-23-27-39(31)43(35)45(37)41)13-11-9-7-5-6-8-10-12-14-34-18-22-38-24-28-40-32(4-2)16-20-36-26-30-42(34)46(38)44(36)40/h15-30H,3-14H2,1-2H3. The summed E-state index contributed by atoms with van der Waals surface area (Å²) in [5.74, 6) is 0. The van der Waals surface area contributed by atoms with Gasteiger partial charge in [0.1, 0.15) is 0 Å². The van der Waals surface area contributed by atoms with Crippen molar-refractivity contribution in [2.24, 2.45) is 0 Å². The van der Waals surface area contributed by atoms with Crippen LogP contribution in [-0.2, 0) is 25.7 Å². The van der Waals surface area contributed by atoms with E-state index in [0.717, 1.165) is 12.8 Å². The van der Waals surface area contributed by atoms with E-state index in [0.29, 0.717) is 0 Å². The molecule has 0 saturated heterocycles. The molecule has 0 aromatic heterocycles. The van der Waals surface area contributed by atoms with Crippen molar-refractivity contribution >= 4 is 64.6 Å². The third-order valence-corrected chi connectivity index (χ3v) is 11.1. The first kappa shape index (κ1) is 29.3. The lowest BCUT2D eigenvalue weighted by molar-refractivity contribution is 0.568. The highest BCUT2D eigenvalue weighted by atomic mass is 14.2. The van der Waals surface area contributed by atoms with Crippen LogP contribution in [0.25, 0.3) is 64.6 Å². The van der Waals surface area contributed by atoms with E-state index in [1.807, 2.05) is 0 Å². The molecule has 0 aliphatic rings. The van der Waals surface area contributed by atoms with Crippen LogP contribution in [-0.4, -0.2) is 0 Å². The van der Waals surface area contributed by atoms with E-state index in [4.69, 9.17) is 0 Å². The van der Waals surface area contributed by atoms with Crippen LogP contribution in [0.15, 0.2) is 97.1 Å². The summed E-state index contributed by atoms with van der Waals surface area (Å²) >= 11 is 0. The van der Waals surface area contributed by atoms with Gasteiger partial charge in [0.15, 0.2) is 0 Å². The number of benzene rings is 8. The zero-order valence-electron chi connectivity index (χ0n) is 27.7. The molecule has 0 radical (unpaired) electrons. The molecule has 230 valence electrons. The molecule has 0 spiro atoms. The van der Waals surface area contributed by atoms with E-state index in [9.17, 15) is 0 Å². The molecule has 0 saturated carbocycles. The van der Waals surface area contributed by atoms with Crippen molar-refractivity contribution in [3.63, 3.8) is 0 Å². The van der Waals surface area contributed by atoms with Crippen LogP contribution in [0.3, 0.4) is 0 Å². The van der Waals surface area contributed by atoms with Crippen molar-refractivity contribution in [1.82, 2.24) is 0 Å². The maximum atomic E-state index is 2.39. The summed E-state index contributed by atoms with van der Waals surface area (Å²) in [6.07, 6.45) is 15.3. The summed E-state index contributed by atoms with van der Waals surface area (Å²) in [6, 6.07) is 37.6. The number of rotatable bonds is 13. The summed E-state index contributed by atoms with van der Waals surface area (Å²) < 4.78 is 0. The normalized spacial score (nSPS) is 12.3. The Bertz CT molecular complexity index is 2120. The van der Waals surface area contributed by atoms with Gasteiger partial charge in [-0.3, -0.25) is 0 Å². The monoisotopic (exact) mass is 598 g/mol. The molecule has 8 aromatic carbocycles. The minimum absolute atomic E-state index is 1.09. The lowest BCUT2D eigenvalue weighted by Crippen LogP contribution is -1.93. The minimum atomic E-state index is 1.09. The fraction of sp³-hybridized carbons (Fsp3) is 0.304. The SMILES string of the molecule is CCc1ccc2ccc3c(CCCCCCCCCCc4ccc5ccc6c(CC)ccc7ccc4c5c76)ccc4ccc1c2c43. The van der Waals surface area contributed by atoms with Gasteiger partial charge in [0.05, 0.1) is 0 Å². The molecule has 0 fully saturated rings. The van der Waals surface area contributed by atoms with Gasteiger partial charge in [0.25, 0.3) is 0 Å². The molecule has 0 aliphatic heterocycles. The predicted octanol–water partition coefficient (Wildman–Crippen LogP) is 13.5. The van der Waals surface area contributed by atoms with Crippen molar-refractivity contribution in [2.45, 2.75) is 90.9 Å². The van der Waals surface area contributed by atoms with Crippen LogP contribution in [0.1, 0.15) is 87.5 Å². The largest absolute Gasteiger partial charge is 0.0613 e. The van der Waals surface area contributed by atoms with E-state index in [1.165, 1.54) is 151 Å². The van der Waals surface area contributed by atoms with Gasteiger partial charge in [0.2, 0.25) is 0 Å². The Balaban J connectivity index is 0.830. The second-order valence-electron chi connectivity index (χ2n) is 13.8.